The third-order valence-electron chi connectivity index (χ3n) is 12.4. The number of fused-ring (bicyclic) bond motifs is 3. The van der Waals surface area contributed by atoms with E-state index < -0.39 is 71.2 Å². The van der Waals surface area contributed by atoms with Crippen molar-refractivity contribution in [2.24, 2.45) is 5.92 Å². The molecule has 65 heavy (non-hydrogen) atoms. The molecule has 5 amide bonds. The number of rotatable bonds is 16. The number of likely N-dealkylation sites (tertiary alicyclic amines) is 2. The van der Waals surface area contributed by atoms with E-state index >= 15 is 0 Å². The molecule has 2 aliphatic heterocycles. The van der Waals surface area contributed by atoms with Crippen LogP contribution in [0.25, 0.3) is 11.1 Å². The fourth-order valence-electron chi connectivity index (χ4n) is 8.88. The van der Waals surface area contributed by atoms with Gasteiger partial charge in [0.2, 0.25) is 23.6 Å². The molecule has 0 spiro atoms. The van der Waals surface area contributed by atoms with Crippen molar-refractivity contribution in [1.82, 2.24) is 25.8 Å². The molecule has 350 valence electrons. The molecule has 6 atom stereocenters. The van der Waals surface area contributed by atoms with Gasteiger partial charge in [0.1, 0.15) is 42.4 Å². The lowest BCUT2D eigenvalue weighted by Gasteiger charge is -2.34. The number of alkyl carbamates (subject to hydrolysis) is 1. The largest absolute Gasteiger partial charge is 0.458 e. The van der Waals surface area contributed by atoms with Gasteiger partial charge >= 0.3 is 12.1 Å². The van der Waals surface area contributed by atoms with Crippen molar-refractivity contribution < 1.29 is 43.0 Å². The number of hydrogen-bond acceptors (Lipinski definition) is 9. The summed E-state index contributed by atoms with van der Waals surface area (Å²) in [4.78, 5) is 87.2. The van der Waals surface area contributed by atoms with E-state index in [0.29, 0.717) is 38.6 Å². The zero-order chi connectivity index (χ0) is 47.1. The summed E-state index contributed by atoms with van der Waals surface area (Å²) in [6, 6.07) is 20.2. The van der Waals surface area contributed by atoms with Crippen molar-refractivity contribution in [1.29, 1.82) is 0 Å². The summed E-state index contributed by atoms with van der Waals surface area (Å²) < 4.78 is 17.6. The molecule has 0 radical (unpaired) electrons. The molecule has 2 saturated heterocycles. The molecule has 0 bridgehead atoms. The van der Waals surface area contributed by atoms with Crippen LogP contribution in [-0.4, -0.2) is 113 Å². The second-order valence-corrected chi connectivity index (χ2v) is 19.5. The van der Waals surface area contributed by atoms with E-state index in [-0.39, 0.29) is 43.9 Å². The standard InChI is InChI=1S/C51H67N5O9/c1-9-32(2)43(47(60)56-28-18-26-42(56)48(61)65-51(6,7)8)54-45(58)41-25-17-27-55(41)46(59)40(31-64-50(3,4)5)52-44(57)39(29-33-19-11-10-12-20-33)53-49(62)63-30-38-36-23-15-13-21-34(36)35-22-14-16-24-37(35)38/h10-16,19-24,32,38-43H,9,17-18,25-31H2,1-8H3,(H,52,57)(H,53,62)(H,54,58)/t32-,39-,40-,41-,42-,43-/m0/s1. The fourth-order valence-corrected chi connectivity index (χ4v) is 8.88. The molecule has 3 N–H and O–H groups in total. The zero-order valence-corrected chi connectivity index (χ0v) is 39.2. The number of nitrogens with zero attached hydrogens (tertiary/aromatic N) is 2. The lowest BCUT2D eigenvalue weighted by Crippen LogP contribution is -2.60. The Kier molecular flexibility index (Phi) is 15.8. The maximum atomic E-state index is 14.6. The fraction of sp³-hybridized carbons (Fsp3) is 0.529. The van der Waals surface area contributed by atoms with Crippen LogP contribution in [0.5, 0.6) is 0 Å². The molecular weight excluding hydrogens is 827 g/mol. The lowest BCUT2D eigenvalue weighted by atomic mass is 9.96. The van der Waals surface area contributed by atoms with Crippen LogP contribution in [0.2, 0.25) is 0 Å². The Labute approximate surface area is 383 Å². The van der Waals surface area contributed by atoms with E-state index in [4.69, 9.17) is 14.2 Å². The van der Waals surface area contributed by atoms with Crippen LogP contribution in [0.15, 0.2) is 78.9 Å². The van der Waals surface area contributed by atoms with E-state index in [0.717, 1.165) is 27.8 Å². The van der Waals surface area contributed by atoms with Gasteiger partial charge in [0.15, 0.2) is 0 Å². The minimum atomic E-state index is -1.23. The number of carbonyl (C=O) groups is 6. The smallest absolute Gasteiger partial charge is 0.407 e. The van der Waals surface area contributed by atoms with E-state index in [9.17, 15) is 28.8 Å². The molecule has 2 heterocycles. The van der Waals surface area contributed by atoms with Gasteiger partial charge in [0, 0.05) is 25.4 Å². The first-order valence-corrected chi connectivity index (χ1v) is 23.1. The SMILES string of the molecule is CC[C@H](C)[C@H](NC(=O)[C@@H]1CCCN1C(=O)[C@H](COC(C)(C)C)NC(=O)[C@H](Cc1ccccc1)NC(=O)OCC1c2ccccc2-c2ccccc21)C(=O)N1CCC[C@H]1C(=O)OC(C)(C)C. The predicted molar refractivity (Wildman–Crippen MR) is 246 cm³/mol. The Morgan fingerprint density at radius 1 is 0.692 bits per heavy atom. The van der Waals surface area contributed by atoms with Crippen LogP contribution in [0.1, 0.15) is 110 Å². The minimum Gasteiger partial charge on any atom is -0.458 e. The summed E-state index contributed by atoms with van der Waals surface area (Å²) in [6.07, 6.45) is 1.82. The molecule has 3 aromatic rings. The average molecular weight is 894 g/mol. The monoisotopic (exact) mass is 893 g/mol. The number of hydrogen-bond donors (Lipinski definition) is 3. The Hall–Kier alpha value is -5.76. The van der Waals surface area contributed by atoms with Crippen LogP contribution in [0, 0.1) is 5.92 Å². The molecule has 6 rings (SSSR count). The normalized spacial score (nSPS) is 19.0. The number of ether oxygens (including phenoxy) is 3. The highest BCUT2D eigenvalue weighted by molar-refractivity contribution is 5.96. The number of nitrogens with one attached hydrogen (secondary N) is 3. The van der Waals surface area contributed by atoms with E-state index in [1.54, 1.807) is 20.8 Å². The Morgan fingerprint density at radius 2 is 1.26 bits per heavy atom. The third kappa shape index (κ3) is 12.3. The van der Waals surface area contributed by atoms with E-state index in [1.165, 1.54) is 9.80 Å². The zero-order valence-electron chi connectivity index (χ0n) is 39.2. The maximum absolute atomic E-state index is 14.6. The third-order valence-corrected chi connectivity index (χ3v) is 12.4. The number of esters is 1. The van der Waals surface area contributed by atoms with Gasteiger partial charge in [-0.25, -0.2) is 9.59 Å². The highest BCUT2D eigenvalue weighted by atomic mass is 16.6. The molecule has 2 fully saturated rings. The predicted octanol–water partition coefficient (Wildman–Crippen LogP) is 6.29. The van der Waals surface area contributed by atoms with E-state index in [2.05, 4.69) is 28.1 Å². The van der Waals surface area contributed by atoms with Gasteiger partial charge in [0.05, 0.1) is 12.2 Å². The molecular formula is C51H67N5O9. The van der Waals surface area contributed by atoms with Crippen LogP contribution in [0.4, 0.5) is 4.79 Å². The number of benzene rings is 3. The van der Waals surface area contributed by atoms with Gasteiger partial charge in [0.25, 0.3) is 0 Å². The van der Waals surface area contributed by atoms with Gasteiger partial charge in [-0.3, -0.25) is 19.2 Å². The summed E-state index contributed by atoms with van der Waals surface area (Å²) >= 11 is 0. The Morgan fingerprint density at radius 3 is 1.85 bits per heavy atom. The van der Waals surface area contributed by atoms with Crippen molar-refractivity contribution in [3.63, 3.8) is 0 Å². The Balaban J connectivity index is 1.17. The van der Waals surface area contributed by atoms with Gasteiger partial charge < -0.3 is 40.0 Å². The van der Waals surface area contributed by atoms with Crippen molar-refractivity contribution in [2.75, 3.05) is 26.3 Å². The van der Waals surface area contributed by atoms with Crippen molar-refractivity contribution in [3.05, 3.63) is 95.6 Å². The summed E-state index contributed by atoms with van der Waals surface area (Å²) in [5.41, 5.74) is 3.63. The second-order valence-electron chi connectivity index (χ2n) is 19.5. The van der Waals surface area contributed by atoms with Crippen LogP contribution in [-0.2, 0) is 44.6 Å². The van der Waals surface area contributed by atoms with Crippen molar-refractivity contribution in [2.45, 2.75) is 141 Å². The summed E-state index contributed by atoms with van der Waals surface area (Å²) in [7, 11) is 0. The first-order valence-electron chi connectivity index (χ1n) is 23.1. The van der Waals surface area contributed by atoms with Crippen LogP contribution < -0.4 is 16.0 Å². The van der Waals surface area contributed by atoms with Gasteiger partial charge in [-0.15, -0.1) is 0 Å². The molecule has 0 aromatic heterocycles. The minimum absolute atomic E-state index is 0.0460. The average Bonchev–Trinajstić information content (AvgIpc) is 4.03. The quantitative estimate of drug-likeness (QED) is 0.140. The molecule has 3 aromatic carbocycles. The van der Waals surface area contributed by atoms with Crippen LogP contribution >= 0.6 is 0 Å². The molecule has 14 nitrogen and oxygen atoms in total. The Bertz CT molecular complexity index is 2140. The van der Waals surface area contributed by atoms with Gasteiger partial charge in [-0.1, -0.05) is 99.1 Å². The van der Waals surface area contributed by atoms with Gasteiger partial charge in [-0.2, -0.15) is 0 Å². The maximum Gasteiger partial charge on any atom is 0.407 e. The molecule has 0 unspecified atom stereocenters. The summed E-state index contributed by atoms with van der Waals surface area (Å²) in [5.74, 6) is -2.98. The van der Waals surface area contributed by atoms with Crippen molar-refractivity contribution in [3.8, 4) is 11.1 Å². The highest BCUT2D eigenvalue weighted by Crippen LogP contribution is 2.44. The topological polar surface area (TPSA) is 173 Å². The molecule has 14 heteroatoms. The summed E-state index contributed by atoms with van der Waals surface area (Å²) in [6.45, 7) is 15.1. The van der Waals surface area contributed by atoms with Gasteiger partial charge in [-0.05, 0) is 101 Å². The molecule has 1 aliphatic carbocycles. The van der Waals surface area contributed by atoms with E-state index in [1.807, 2.05) is 101 Å². The number of amides is 5. The van der Waals surface area contributed by atoms with Crippen molar-refractivity contribution >= 4 is 35.7 Å². The first-order chi connectivity index (χ1) is 30.8. The number of carbonyl (C=O) groups excluding carboxylic acids is 6. The second kappa shape index (κ2) is 21.0. The molecule has 0 saturated carbocycles. The highest BCUT2D eigenvalue weighted by Gasteiger charge is 2.44. The molecule has 3 aliphatic rings. The first kappa shape index (κ1) is 48.7. The summed E-state index contributed by atoms with van der Waals surface area (Å²) in [5, 5.41) is 8.61. The van der Waals surface area contributed by atoms with Crippen LogP contribution in [0.3, 0.4) is 0 Å². The lowest BCUT2D eigenvalue weighted by molar-refractivity contribution is -0.164.